The van der Waals surface area contributed by atoms with Crippen molar-refractivity contribution in [2.24, 2.45) is 0 Å². The van der Waals surface area contributed by atoms with E-state index < -0.39 is 10.0 Å². The summed E-state index contributed by atoms with van der Waals surface area (Å²) < 4.78 is 38.6. The fourth-order valence-electron chi connectivity index (χ4n) is 2.14. The lowest BCUT2D eigenvalue weighted by atomic mass is 10.1. The fourth-order valence-corrected chi connectivity index (χ4v) is 3.47. The zero-order valence-electron chi connectivity index (χ0n) is 12.0. The average molecular weight is 398 g/mol. The molecular formula is C15H12BrNO5S. The largest absolute Gasteiger partial charge is 0.454 e. The number of ketones is 1. The zero-order valence-corrected chi connectivity index (χ0v) is 14.4. The monoisotopic (exact) mass is 397 g/mol. The van der Waals surface area contributed by atoms with Gasteiger partial charge in [-0.2, -0.15) is 0 Å². The van der Waals surface area contributed by atoms with Gasteiger partial charge in [-0.15, -0.1) is 0 Å². The number of nitrogens with one attached hydrogen (secondary N) is 1. The lowest BCUT2D eigenvalue weighted by molar-refractivity contribution is 0.101. The Morgan fingerprint density at radius 3 is 2.35 bits per heavy atom. The van der Waals surface area contributed by atoms with Crippen molar-refractivity contribution in [2.45, 2.75) is 11.8 Å². The van der Waals surface area contributed by atoms with Crippen molar-refractivity contribution in [3.8, 4) is 11.5 Å². The second kappa shape index (κ2) is 5.86. The Bertz CT molecular complexity index is 877. The van der Waals surface area contributed by atoms with Gasteiger partial charge >= 0.3 is 0 Å². The maximum atomic E-state index is 12.5. The van der Waals surface area contributed by atoms with E-state index in [1.54, 1.807) is 12.1 Å². The van der Waals surface area contributed by atoms with Crippen LogP contribution in [0.15, 0.2) is 45.8 Å². The molecule has 8 heteroatoms. The molecule has 0 bridgehead atoms. The number of Topliss-reactive ketones (excluding diaryl/α,β-unsaturated/α-hetero) is 1. The van der Waals surface area contributed by atoms with E-state index in [9.17, 15) is 13.2 Å². The van der Waals surface area contributed by atoms with Gasteiger partial charge in [0.15, 0.2) is 17.3 Å². The Morgan fingerprint density at radius 1 is 1.13 bits per heavy atom. The van der Waals surface area contributed by atoms with E-state index in [0.717, 1.165) is 4.47 Å². The van der Waals surface area contributed by atoms with Gasteiger partial charge in [-0.05, 0) is 37.3 Å². The van der Waals surface area contributed by atoms with Crippen molar-refractivity contribution in [2.75, 3.05) is 11.5 Å². The van der Waals surface area contributed by atoms with Crippen molar-refractivity contribution >= 4 is 37.4 Å². The first-order valence-electron chi connectivity index (χ1n) is 6.60. The molecule has 1 N–H and O–H groups in total. The molecule has 2 aromatic carbocycles. The third-order valence-corrected chi connectivity index (χ3v) is 5.17. The van der Waals surface area contributed by atoms with Gasteiger partial charge in [0.1, 0.15) is 0 Å². The van der Waals surface area contributed by atoms with E-state index in [-0.39, 0.29) is 28.7 Å². The quantitative estimate of drug-likeness (QED) is 0.801. The van der Waals surface area contributed by atoms with E-state index in [1.807, 2.05) is 0 Å². The van der Waals surface area contributed by atoms with Crippen LogP contribution in [0.4, 0.5) is 5.69 Å². The van der Waals surface area contributed by atoms with Crippen molar-refractivity contribution in [1.29, 1.82) is 0 Å². The predicted octanol–water partition coefficient (Wildman–Crippen LogP) is 3.18. The standard InChI is InChI=1S/C15H12BrNO5S/c1-9(18)12-6-14-15(22-8-21-14)7-13(12)17-23(19,20)11-4-2-10(16)3-5-11/h2-7,17H,8H2,1H3. The highest BCUT2D eigenvalue weighted by Gasteiger charge is 2.23. The zero-order chi connectivity index (χ0) is 16.6. The third kappa shape index (κ3) is 3.18. The van der Waals surface area contributed by atoms with Crippen molar-refractivity contribution in [1.82, 2.24) is 0 Å². The molecular weight excluding hydrogens is 386 g/mol. The van der Waals surface area contributed by atoms with Crippen LogP contribution in [-0.4, -0.2) is 21.0 Å². The molecule has 6 nitrogen and oxygen atoms in total. The van der Waals surface area contributed by atoms with E-state index in [1.165, 1.54) is 31.2 Å². The van der Waals surface area contributed by atoms with Crippen molar-refractivity contribution in [3.63, 3.8) is 0 Å². The van der Waals surface area contributed by atoms with Crippen LogP contribution in [0.3, 0.4) is 0 Å². The van der Waals surface area contributed by atoms with E-state index >= 15 is 0 Å². The first-order chi connectivity index (χ1) is 10.9. The Labute approximate surface area is 141 Å². The molecule has 0 aliphatic carbocycles. The van der Waals surface area contributed by atoms with Gasteiger partial charge in [-0.1, -0.05) is 15.9 Å². The molecule has 120 valence electrons. The number of carbonyl (C=O) groups excluding carboxylic acids is 1. The molecule has 0 spiro atoms. The van der Waals surface area contributed by atoms with Gasteiger partial charge < -0.3 is 9.47 Å². The lowest BCUT2D eigenvalue weighted by Gasteiger charge is -2.12. The third-order valence-electron chi connectivity index (χ3n) is 3.26. The number of rotatable bonds is 4. The number of hydrogen-bond donors (Lipinski definition) is 1. The first-order valence-corrected chi connectivity index (χ1v) is 8.87. The number of ether oxygens (including phenoxy) is 2. The summed E-state index contributed by atoms with van der Waals surface area (Å²) in [6.07, 6.45) is 0. The van der Waals surface area contributed by atoms with Gasteiger partial charge in [0.2, 0.25) is 6.79 Å². The first kappa shape index (κ1) is 15.8. The van der Waals surface area contributed by atoms with Gasteiger partial charge in [-0.25, -0.2) is 8.42 Å². The van der Waals surface area contributed by atoms with Gasteiger partial charge in [0, 0.05) is 16.1 Å². The molecule has 0 saturated heterocycles. The topological polar surface area (TPSA) is 81.7 Å². The highest BCUT2D eigenvalue weighted by Crippen LogP contribution is 2.38. The summed E-state index contributed by atoms with van der Waals surface area (Å²) in [6.45, 7) is 1.39. The normalized spacial score (nSPS) is 13.0. The Morgan fingerprint density at radius 2 is 1.74 bits per heavy atom. The molecule has 0 saturated carbocycles. The van der Waals surface area contributed by atoms with Crippen LogP contribution in [0.25, 0.3) is 0 Å². The van der Waals surface area contributed by atoms with Crippen LogP contribution < -0.4 is 14.2 Å². The molecule has 2 aromatic rings. The number of sulfonamides is 1. The van der Waals surface area contributed by atoms with Crippen LogP contribution in [-0.2, 0) is 10.0 Å². The van der Waals surface area contributed by atoms with Crippen molar-refractivity contribution in [3.05, 3.63) is 46.4 Å². The number of hydrogen-bond acceptors (Lipinski definition) is 5. The van der Waals surface area contributed by atoms with Crippen LogP contribution >= 0.6 is 15.9 Å². The Balaban J connectivity index is 2.02. The summed E-state index contributed by atoms with van der Waals surface area (Å²) in [5.74, 6) is 0.530. The number of anilines is 1. The molecule has 23 heavy (non-hydrogen) atoms. The number of halogens is 1. The molecule has 1 aliphatic heterocycles. The van der Waals surface area contributed by atoms with Crippen LogP contribution in [0.2, 0.25) is 0 Å². The molecule has 3 rings (SSSR count). The van der Waals surface area contributed by atoms with E-state index in [2.05, 4.69) is 20.7 Å². The number of benzene rings is 2. The van der Waals surface area contributed by atoms with Gasteiger partial charge in [-0.3, -0.25) is 9.52 Å². The summed E-state index contributed by atoms with van der Waals surface area (Å²) >= 11 is 3.25. The minimum absolute atomic E-state index is 0.0373. The second-order valence-electron chi connectivity index (χ2n) is 4.87. The van der Waals surface area contributed by atoms with Crippen LogP contribution in [0.5, 0.6) is 11.5 Å². The van der Waals surface area contributed by atoms with Crippen LogP contribution in [0, 0.1) is 0 Å². The average Bonchev–Trinajstić information content (AvgIpc) is 2.93. The van der Waals surface area contributed by atoms with E-state index in [0.29, 0.717) is 11.5 Å². The minimum Gasteiger partial charge on any atom is -0.454 e. The van der Waals surface area contributed by atoms with Gasteiger partial charge in [0.25, 0.3) is 10.0 Å². The summed E-state index contributed by atoms with van der Waals surface area (Å²) in [7, 11) is -3.82. The maximum Gasteiger partial charge on any atom is 0.261 e. The number of fused-ring (bicyclic) bond motifs is 1. The summed E-state index contributed by atoms with van der Waals surface area (Å²) in [5.41, 5.74) is 0.375. The van der Waals surface area contributed by atoms with Gasteiger partial charge in [0.05, 0.1) is 10.6 Å². The molecule has 0 amide bonds. The molecule has 0 unspecified atom stereocenters. The Kier molecular flexibility index (Phi) is 4.03. The highest BCUT2D eigenvalue weighted by atomic mass is 79.9. The second-order valence-corrected chi connectivity index (χ2v) is 7.46. The summed E-state index contributed by atoms with van der Waals surface area (Å²) in [5, 5.41) is 0. The molecule has 0 fully saturated rings. The highest BCUT2D eigenvalue weighted by molar-refractivity contribution is 9.10. The van der Waals surface area contributed by atoms with E-state index in [4.69, 9.17) is 9.47 Å². The maximum absolute atomic E-state index is 12.5. The SMILES string of the molecule is CC(=O)c1cc2c(cc1NS(=O)(=O)c1ccc(Br)cc1)OCO2. The lowest BCUT2D eigenvalue weighted by Crippen LogP contribution is -2.15. The summed E-state index contributed by atoms with van der Waals surface area (Å²) in [4.78, 5) is 11.9. The molecule has 0 radical (unpaired) electrons. The molecule has 0 aromatic heterocycles. The summed E-state index contributed by atoms with van der Waals surface area (Å²) in [6, 6.07) is 9.11. The number of carbonyl (C=O) groups is 1. The minimum atomic E-state index is -3.82. The smallest absolute Gasteiger partial charge is 0.261 e. The van der Waals surface area contributed by atoms with Crippen molar-refractivity contribution < 1.29 is 22.7 Å². The molecule has 1 heterocycles. The predicted molar refractivity (Wildman–Crippen MR) is 87.5 cm³/mol. The fraction of sp³-hybridized carbons (Fsp3) is 0.133. The molecule has 0 atom stereocenters. The van der Waals surface area contributed by atoms with Crippen LogP contribution in [0.1, 0.15) is 17.3 Å². The Hall–Kier alpha value is -2.06. The molecule has 1 aliphatic rings.